The van der Waals surface area contributed by atoms with E-state index in [0.717, 1.165) is 50.0 Å². The summed E-state index contributed by atoms with van der Waals surface area (Å²) in [7, 11) is 3.04. The van der Waals surface area contributed by atoms with Crippen molar-refractivity contribution in [3.8, 4) is 23.0 Å². The van der Waals surface area contributed by atoms with Gasteiger partial charge in [0.1, 0.15) is 12.6 Å². The standard InChI is InChI=1S/C51H63N7O11/c1-29(2)43(52)45(60)54-30(3)44(59)55-32-11-9-31(10-12-32)26-69-49(64)58-37-22-42(40(66-5)20-35(37)47(62)57-28-51(15-16-51)24-38(57)48(58)63)68-18-8-6-7-17-67-41-21-36-34(19-39(41)65-4)46(61)56-27-50(13-14-50)23-33(56)25-53-36/h9-12,19-22,25,29-30,33,38,43,48,63H,6-8,13-18,23-24,26-28,52H2,1-5H3,(H,54,60)(H,55,59)/t30-,33-,38-,43-,48-/m0/s1. The van der Waals surface area contributed by atoms with Gasteiger partial charge in [-0.2, -0.15) is 0 Å². The van der Waals surface area contributed by atoms with E-state index in [1.54, 1.807) is 67.5 Å². The van der Waals surface area contributed by atoms with Crippen LogP contribution >= 0.6 is 0 Å². The van der Waals surface area contributed by atoms with E-state index in [4.69, 9.17) is 34.4 Å². The molecule has 2 spiro atoms. The average molecular weight is 950 g/mol. The molecule has 4 aliphatic heterocycles. The lowest BCUT2D eigenvalue weighted by atomic mass is 10.0. The number of anilines is 2. The number of unbranched alkanes of at least 4 members (excludes halogenated alkanes) is 2. The number of rotatable bonds is 17. The third kappa shape index (κ3) is 9.78. The highest BCUT2D eigenvalue weighted by Gasteiger charge is 2.58. The maximum Gasteiger partial charge on any atom is 0.416 e. The van der Waals surface area contributed by atoms with E-state index in [1.807, 2.05) is 25.0 Å². The molecular formula is C51H63N7O11. The number of hydrogen-bond acceptors (Lipinski definition) is 13. The number of nitrogens with zero attached hydrogens (tertiary/aromatic N) is 4. The summed E-state index contributed by atoms with van der Waals surface area (Å²) < 4.78 is 29.6. The molecule has 69 heavy (non-hydrogen) atoms. The molecule has 18 nitrogen and oxygen atoms in total. The number of aliphatic imine (C=N–C) groups is 1. The first kappa shape index (κ1) is 47.7. The fraction of sp³-hybridized carbons (Fsp3) is 0.529. The molecule has 9 rings (SSSR count). The predicted molar refractivity (Wildman–Crippen MR) is 255 cm³/mol. The van der Waals surface area contributed by atoms with Crippen molar-refractivity contribution in [2.45, 2.75) is 116 Å². The number of fused-ring (bicyclic) bond motifs is 4. The van der Waals surface area contributed by atoms with Gasteiger partial charge in [0.15, 0.2) is 29.2 Å². The summed E-state index contributed by atoms with van der Waals surface area (Å²) in [4.78, 5) is 76.7. The monoisotopic (exact) mass is 949 g/mol. The van der Waals surface area contributed by atoms with Crippen LogP contribution in [0.1, 0.15) is 105 Å². The van der Waals surface area contributed by atoms with Gasteiger partial charge in [0.05, 0.1) is 68.1 Å². The molecule has 5 atom stereocenters. The Morgan fingerprint density at radius 1 is 0.797 bits per heavy atom. The highest BCUT2D eigenvalue weighted by atomic mass is 16.6. The second-order valence-corrected chi connectivity index (χ2v) is 20.0. The Kier molecular flexibility index (Phi) is 13.2. The number of nitrogens with two attached hydrogens (primary N) is 1. The number of nitrogens with one attached hydrogen (secondary N) is 2. The number of hydrogen-bond donors (Lipinski definition) is 4. The second kappa shape index (κ2) is 19.2. The molecule has 368 valence electrons. The first-order chi connectivity index (χ1) is 33.1. The van der Waals surface area contributed by atoms with E-state index in [-0.39, 0.29) is 64.8 Å². The number of ether oxygens (including phenoxy) is 5. The molecule has 5 N–H and O–H groups in total. The Morgan fingerprint density at radius 2 is 1.41 bits per heavy atom. The molecule has 0 unspecified atom stereocenters. The number of carbonyl (C=O) groups excluding carboxylic acids is 5. The largest absolute Gasteiger partial charge is 0.493 e. The van der Waals surface area contributed by atoms with E-state index >= 15 is 0 Å². The van der Waals surface area contributed by atoms with Crippen LogP contribution in [0.15, 0.2) is 53.5 Å². The molecule has 3 aromatic rings. The van der Waals surface area contributed by atoms with Gasteiger partial charge in [0.2, 0.25) is 11.8 Å². The molecule has 2 saturated carbocycles. The van der Waals surface area contributed by atoms with Crippen molar-refractivity contribution in [3.05, 3.63) is 65.2 Å². The molecular weight excluding hydrogens is 887 g/mol. The Hall–Kier alpha value is -6.40. The summed E-state index contributed by atoms with van der Waals surface area (Å²) in [5.41, 5.74) is 8.58. The van der Waals surface area contributed by atoms with Crippen LogP contribution in [0, 0.1) is 16.7 Å². The summed E-state index contributed by atoms with van der Waals surface area (Å²) in [6.07, 6.45) is 7.41. The smallest absolute Gasteiger partial charge is 0.416 e. The van der Waals surface area contributed by atoms with Crippen molar-refractivity contribution in [3.63, 3.8) is 0 Å². The summed E-state index contributed by atoms with van der Waals surface area (Å²) in [5.74, 6) is 0.307. The molecule has 18 heteroatoms. The Morgan fingerprint density at radius 3 is 2.04 bits per heavy atom. The van der Waals surface area contributed by atoms with Crippen molar-refractivity contribution < 1.29 is 52.8 Å². The molecule has 0 bridgehead atoms. The van der Waals surface area contributed by atoms with Gasteiger partial charge in [-0.05, 0) is 111 Å². The first-order valence-electron chi connectivity index (χ1n) is 24.1. The van der Waals surface area contributed by atoms with Crippen LogP contribution in [0.3, 0.4) is 0 Å². The normalized spacial score (nSPS) is 21.9. The lowest BCUT2D eigenvalue weighted by Crippen LogP contribution is -2.50. The molecule has 4 heterocycles. The van der Waals surface area contributed by atoms with Gasteiger partial charge >= 0.3 is 6.09 Å². The first-order valence-corrected chi connectivity index (χ1v) is 24.1. The minimum Gasteiger partial charge on any atom is -0.493 e. The van der Waals surface area contributed by atoms with Crippen molar-refractivity contribution in [1.82, 2.24) is 15.1 Å². The highest BCUT2D eigenvalue weighted by molar-refractivity contribution is 6.06. The van der Waals surface area contributed by atoms with E-state index in [1.165, 1.54) is 7.11 Å². The SMILES string of the molecule is COc1cc2c(cc1OCCCCCOc1cc3c(cc1OC)C(=O)N1CC4(CC4)C[C@H]1[C@H](O)N3C(=O)OCc1ccc(NC(=O)[C@H](C)NC(=O)[C@@H](N)C(C)C)cc1)N=C[C@@H]1CC3(CC3)CN1C2=O. The lowest BCUT2D eigenvalue weighted by Gasteiger charge is -2.31. The summed E-state index contributed by atoms with van der Waals surface area (Å²) in [5, 5.41) is 17.4. The van der Waals surface area contributed by atoms with E-state index < -0.39 is 42.3 Å². The zero-order valence-corrected chi connectivity index (χ0v) is 40.0. The van der Waals surface area contributed by atoms with Gasteiger partial charge < -0.3 is 55.0 Å². The zero-order chi connectivity index (χ0) is 48.8. The fourth-order valence-electron chi connectivity index (χ4n) is 9.98. The fourth-order valence-corrected chi connectivity index (χ4v) is 9.98. The third-order valence-electron chi connectivity index (χ3n) is 14.7. The maximum atomic E-state index is 14.3. The summed E-state index contributed by atoms with van der Waals surface area (Å²) >= 11 is 0. The van der Waals surface area contributed by atoms with Crippen LogP contribution in [0.2, 0.25) is 0 Å². The topological polar surface area (TPSA) is 224 Å². The number of aliphatic hydroxyl groups excluding tert-OH is 1. The van der Waals surface area contributed by atoms with Gasteiger partial charge in [-0.15, -0.1) is 0 Å². The molecule has 3 aromatic carbocycles. The van der Waals surface area contributed by atoms with E-state index in [9.17, 15) is 29.1 Å². The van der Waals surface area contributed by atoms with Gasteiger partial charge in [-0.25, -0.2) is 9.69 Å². The number of methoxy groups -OCH3 is 2. The second-order valence-electron chi connectivity index (χ2n) is 20.0. The number of carbonyl (C=O) groups is 5. The van der Waals surface area contributed by atoms with Crippen LogP contribution in [0.25, 0.3) is 0 Å². The van der Waals surface area contributed by atoms with Crippen LogP contribution in [0.4, 0.5) is 21.9 Å². The minimum absolute atomic E-state index is 0.00769. The van der Waals surface area contributed by atoms with Crippen LogP contribution < -0.4 is 40.2 Å². The number of benzene rings is 3. The van der Waals surface area contributed by atoms with E-state index in [2.05, 4.69) is 10.6 Å². The quantitative estimate of drug-likeness (QED) is 0.116. The van der Waals surface area contributed by atoms with Crippen LogP contribution in [-0.2, 0) is 20.9 Å². The Balaban J connectivity index is 0.824. The molecule has 4 fully saturated rings. The zero-order valence-electron chi connectivity index (χ0n) is 40.0. The Bertz CT molecular complexity index is 2520. The van der Waals surface area contributed by atoms with Crippen molar-refractivity contribution in [2.75, 3.05) is 50.7 Å². The average Bonchev–Trinajstić information content (AvgIpc) is 4.22. The van der Waals surface area contributed by atoms with Crippen molar-refractivity contribution in [2.24, 2.45) is 27.5 Å². The minimum atomic E-state index is -1.41. The number of aliphatic hydroxyl groups is 1. The summed E-state index contributed by atoms with van der Waals surface area (Å²) in [6.45, 7) is 6.95. The third-order valence-corrected chi connectivity index (χ3v) is 14.7. The molecule has 0 aromatic heterocycles. The molecule has 2 saturated heterocycles. The molecule has 5 amide bonds. The molecule has 0 radical (unpaired) electrons. The highest BCUT2D eigenvalue weighted by Crippen LogP contribution is 2.57. The predicted octanol–water partition coefficient (Wildman–Crippen LogP) is 5.94. The van der Waals surface area contributed by atoms with E-state index in [0.29, 0.717) is 72.2 Å². The van der Waals surface area contributed by atoms with Gasteiger partial charge in [-0.3, -0.25) is 24.2 Å². The van der Waals surface area contributed by atoms with Gasteiger partial charge in [0, 0.05) is 37.1 Å². The summed E-state index contributed by atoms with van der Waals surface area (Å²) in [6, 6.07) is 11.1. The number of amides is 5. The van der Waals surface area contributed by atoms with Crippen LogP contribution in [0.5, 0.6) is 23.0 Å². The molecule has 6 aliphatic rings. The van der Waals surface area contributed by atoms with Gasteiger partial charge in [-0.1, -0.05) is 26.0 Å². The van der Waals surface area contributed by atoms with Crippen LogP contribution in [-0.4, -0.2) is 122 Å². The lowest BCUT2D eigenvalue weighted by molar-refractivity contribution is -0.127. The maximum absolute atomic E-state index is 14.3. The Labute approximate surface area is 401 Å². The van der Waals surface area contributed by atoms with Crippen molar-refractivity contribution >= 4 is 53.0 Å². The molecule has 2 aliphatic carbocycles. The van der Waals surface area contributed by atoms with Gasteiger partial charge in [0.25, 0.3) is 11.8 Å². The van der Waals surface area contributed by atoms with Crippen molar-refractivity contribution in [1.29, 1.82) is 0 Å².